The monoisotopic (exact) mass is 319 g/mol. The molecule has 0 N–H and O–H groups in total. The normalized spacial score (nSPS) is 11.0. The largest absolute Gasteiger partial charge is 0.297 e. The Morgan fingerprint density at radius 2 is 1.91 bits per heavy atom. The molecule has 0 saturated carbocycles. The minimum Gasteiger partial charge on any atom is -0.288 e. The van der Waals surface area contributed by atoms with Gasteiger partial charge in [-0.2, -0.15) is 0 Å². The second-order valence-corrected chi connectivity index (χ2v) is 5.31. The summed E-state index contributed by atoms with van der Waals surface area (Å²) in [6, 6.07) is 7.16. The van der Waals surface area contributed by atoms with E-state index >= 15 is 0 Å². The highest BCUT2D eigenvalue weighted by Gasteiger charge is 2.19. The van der Waals surface area contributed by atoms with Gasteiger partial charge in [-0.25, -0.2) is 8.78 Å². The summed E-state index contributed by atoms with van der Waals surface area (Å²) in [5, 5.41) is 7.30. The van der Waals surface area contributed by atoms with Gasteiger partial charge in [0.1, 0.15) is 0 Å². The number of benzene rings is 1. The van der Waals surface area contributed by atoms with Crippen LogP contribution in [0.4, 0.5) is 8.78 Å². The standard InChI is InChI=1S/C17H19F2N3O/c1-3-4-5-6-11-22-16(15(18)19)21-20-14(17(22)23)13-9-7-12(2)8-10-13/h3,7-10,15H,1,4-6,11H2,2H3. The molecule has 0 amide bonds. The zero-order valence-electron chi connectivity index (χ0n) is 13.0. The Hall–Kier alpha value is -2.37. The number of aromatic nitrogens is 3. The summed E-state index contributed by atoms with van der Waals surface area (Å²) < 4.78 is 27.2. The van der Waals surface area contributed by atoms with Crippen molar-refractivity contribution < 1.29 is 8.78 Å². The van der Waals surface area contributed by atoms with Crippen LogP contribution < -0.4 is 5.56 Å². The molecule has 122 valence electrons. The first-order valence-electron chi connectivity index (χ1n) is 7.48. The summed E-state index contributed by atoms with van der Waals surface area (Å²) in [4.78, 5) is 12.6. The molecular formula is C17H19F2N3O. The molecule has 0 bridgehead atoms. The van der Waals surface area contributed by atoms with Crippen molar-refractivity contribution in [2.45, 2.75) is 39.2 Å². The minimum atomic E-state index is -2.83. The lowest BCUT2D eigenvalue weighted by Gasteiger charge is -2.12. The third kappa shape index (κ3) is 4.09. The van der Waals surface area contributed by atoms with Crippen molar-refractivity contribution in [2.24, 2.45) is 0 Å². The van der Waals surface area contributed by atoms with Crippen LogP contribution in [0, 0.1) is 6.92 Å². The van der Waals surface area contributed by atoms with Crippen molar-refractivity contribution in [2.75, 3.05) is 0 Å². The fraction of sp³-hybridized carbons (Fsp3) is 0.353. The number of rotatable bonds is 7. The number of hydrogen-bond donors (Lipinski definition) is 0. The van der Waals surface area contributed by atoms with E-state index in [1.807, 2.05) is 19.1 Å². The molecule has 1 aromatic heterocycles. The molecule has 0 radical (unpaired) electrons. The van der Waals surface area contributed by atoms with E-state index in [-0.39, 0.29) is 12.2 Å². The number of allylic oxidation sites excluding steroid dienone is 1. The molecule has 0 aliphatic carbocycles. The molecule has 0 fully saturated rings. The van der Waals surface area contributed by atoms with Crippen molar-refractivity contribution >= 4 is 0 Å². The smallest absolute Gasteiger partial charge is 0.288 e. The maximum atomic E-state index is 13.1. The second kappa shape index (κ2) is 7.76. The van der Waals surface area contributed by atoms with Crippen LogP contribution in [0.15, 0.2) is 41.7 Å². The summed E-state index contributed by atoms with van der Waals surface area (Å²) in [5.74, 6) is -0.579. The number of alkyl halides is 2. The first-order valence-corrected chi connectivity index (χ1v) is 7.48. The van der Waals surface area contributed by atoms with Crippen molar-refractivity contribution in [1.29, 1.82) is 0 Å². The van der Waals surface area contributed by atoms with E-state index in [1.165, 1.54) is 0 Å². The number of unbranched alkanes of at least 4 members (excludes halogenated alkanes) is 2. The van der Waals surface area contributed by atoms with E-state index in [4.69, 9.17) is 0 Å². The quantitative estimate of drug-likeness (QED) is 0.574. The zero-order valence-corrected chi connectivity index (χ0v) is 13.0. The molecular weight excluding hydrogens is 300 g/mol. The van der Waals surface area contributed by atoms with Crippen LogP contribution in [0.5, 0.6) is 0 Å². The molecule has 0 saturated heterocycles. The van der Waals surface area contributed by atoms with E-state index in [1.54, 1.807) is 18.2 Å². The minimum absolute atomic E-state index is 0.0955. The molecule has 2 rings (SSSR count). The summed E-state index contributed by atoms with van der Waals surface area (Å²) in [6.45, 7) is 5.74. The highest BCUT2D eigenvalue weighted by atomic mass is 19.3. The molecule has 1 heterocycles. The Morgan fingerprint density at radius 3 is 2.52 bits per heavy atom. The number of aryl methyl sites for hydroxylation is 1. The first kappa shape index (κ1) is 17.0. The van der Waals surface area contributed by atoms with Gasteiger partial charge >= 0.3 is 0 Å². The van der Waals surface area contributed by atoms with Gasteiger partial charge in [0.05, 0.1) is 0 Å². The third-order valence-corrected chi connectivity index (χ3v) is 3.54. The van der Waals surface area contributed by atoms with Crippen LogP contribution in [-0.4, -0.2) is 14.8 Å². The van der Waals surface area contributed by atoms with Gasteiger partial charge < -0.3 is 0 Å². The lowest BCUT2D eigenvalue weighted by atomic mass is 10.1. The zero-order chi connectivity index (χ0) is 16.8. The Bertz CT molecular complexity index is 724. The molecule has 0 aliphatic heterocycles. The number of halogens is 2. The molecule has 0 unspecified atom stereocenters. The van der Waals surface area contributed by atoms with Gasteiger partial charge in [0.15, 0.2) is 5.69 Å². The van der Waals surface area contributed by atoms with Crippen molar-refractivity contribution in [1.82, 2.24) is 14.8 Å². The lowest BCUT2D eigenvalue weighted by molar-refractivity contribution is 0.131. The van der Waals surface area contributed by atoms with Crippen LogP contribution in [0.25, 0.3) is 11.3 Å². The van der Waals surface area contributed by atoms with Crippen molar-refractivity contribution in [3.8, 4) is 11.3 Å². The van der Waals surface area contributed by atoms with Crippen molar-refractivity contribution in [3.63, 3.8) is 0 Å². The van der Waals surface area contributed by atoms with Gasteiger partial charge in [-0.15, -0.1) is 16.8 Å². The molecule has 23 heavy (non-hydrogen) atoms. The summed E-state index contributed by atoms with van der Waals surface area (Å²) in [7, 11) is 0. The van der Waals surface area contributed by atoms with Gasteiger partial charge in [-0.05, 0) is 26.2 Å². The summed E-state index contributed by atoms with van der Waals surface area (Å²) in [5.41, 5.74) is 1.18. The summed E-state index contributed by atoms with van der Waals surface area (Å²) >= 11 is 0. The van der Waals surface area contributed by atoms with Crippen LogP contribution >= 0.6 is 0 Å². The molecule has 2 aromatic rings. The molecule has 4 nitrogen and oxygen atoms in total. The highest BCUT2D eigenvalue weighted by molar-refractivity contribution is 5.57. The fourth-order valence-corrected chi connectivity index (χ4v) is 2.26. The van der Waals surface area contributed by atoms with Gasteiger partial charge in [-0.3, -0.25) is 9.36 Å². The molecule has 1 aromatic carbocycles. The topological polar surface area (TPSA) is 47.8 Å². The van der Waals surface area contributed by atoms with E-state index in [0.717, 1.165) is 23.0 Å². The van der Waals surface area contributed by atoms with Crippen molar-refractivity contribution in [3.05, 3.63) is 58.7 Å². The predicted molar refractivity (Wildman–Crippen MR) is 85.5 cm³/mol. The first-order chi connectivity index (χ1) is 11.0. The Labute approximate surface area is 133 Å². The van der Waals surface area contributed by atoms with Gasteiger partial charge in [0.25, 0.3) is 12.0 Å². The van der Waals surface area contributed by atoms with Gasteiger partial charge in [0, 0.05) is 12.1 Å². The van der Waals surface area contributed by atoms with E-state index in [2.05, 4.69) is 16.8 Å². The third-order valence-electron chi connectivity index (χ3n) is 3.54. The molecule has 0 atom stereocenters. The maximum Gasteiger partial charge on any atom is 0.297 e. The molecule has 0 aliphatic rings. The van der Waals surface area contributed by atoms with Gasteiger partial charge in [0.2, 0.25) is 5.82 Å². The number of nitrogens with zero attached hydrogens (tertiary/aromatic N) is 3. The van der Waals surface area contributed by atoms with Crippen LogP contribution in [0.1, 0.15) is 37.1 Å². The second-order valence-electron chi connectivity index (χ2n) is 5.31. The fourth-order valence-electron chi connectivity index (χ4n) is 2.26. The van der Waals surface area contributed by atoms with Crippen LogP contribution in [-0.2, 0) is 6.54 Å². The maximum absolute atomic E-state index is 13.1. The highest BCUT2D eigenvalue weighted by Crippen LogP contribution is 2.18. The Morgan fingerprint density at radius 1 is 1.22 bits per heavy atom. The number of hydrogen-bond acceptors (Lipinski definition) is 3. The van der Waals surface area contributed by atoms with Crippen LogP contribution in [0.3, 0.4) is 0 Å². The average Bonchev–Trinajstić information content (AvgIpc) is 2.53. The predicted octanol–water partition coefficient (Wildman–Crippen LogP) is 3.91. The van der Waals surface area contributed by atoms with E-state index in [9.17, 15) is 13.6 Å². The lowest BCUT2D eigenvalue weighted by Crippen LogP contribution is -2.28. The SMILES string of the molecule is C=CCCCCn1c(C(F)F)nnc(-c2ccc(C)cc2)c1=O. The van der Waals surface area contributed by atoms with Gasteiger partial charge in [-0.1, -0.05) is 35.9 Å². The van der Waals surface area contributed by atoms with Crippen LogP contribution in [0.2, 0.25) is 0 Å². The average molecular weight is 319 g/mol. The van der Waals surface area contributed by atoms with E-state index < -0.39 is 17.8 Å². The Kier molecular flexibility index (Phi) is 5.73. The molecule has 0 spiro atoms. The summed E-state index contributed by atoms with van der Waals surface area (Å²) in [6.07, 6.45) is 1.09. The molecule has 6 heteroatoms. The Balaban J connectivity index is 2.40. The van der Waals surface area contributed by atoms with E-state index in [0.29, 0.717) is 12.0 Å².